The van der Waals surface area contributed by atoms with E-state index in [-0.39, 0.29) is 26.1 Å². The highest BCUT2D eigenvalue weighted by Gasteiger charge is 2.30. The lowest BCUT2D eigenvalue weighted by molar-refractivity contribution is -0.144. The molecule has 0 aromatic carbocycles. The Morgan fingerprint density at radius 2 is 2.11 bits per heavy atom. The third kappa shape index (κ3) is 4.23. The Morgan fingerprint density at radius 1 is 1.42 bits per heavy atom. The Morgan fingerprint density at radius 3 is 2.63 bits per heavy atom. The average Bonchev–Trinajstić information content (AvgIpc) is 2.68. The maximum absolute atomic E-state index is 11.8. The van der Waals surface area contributed by atoms with Crippen molar-refractivity contribution in [1.82, 2.24) is 15.1 Å². The van der Waals surface area contributed by atoms with Crippen LogP contribution in [0.25, 0.3) is 0 Å². The Labute approximate surface area is 110 Å². The van der Waals surface area contributed by atoms with E-state index in [1.807, 2.05) is 0 Å². The molecular formula is C11H17N3O5. The van der Waals surface area contributed by atoms with Crippen molar-refractivity contribution in [2.24, 2.45) is 0 Å². The minimum absolute atomic E-state index is 0.0796. The van der Waals surface area contributed by atoms with Gasteiger partial charge >= 0.3 is 12.0 Å². The van der Waals surface area contributed by atoms with Crippen molar-refractivity contribution < 1.29 is 23.9 Å². The molecule has 1 aliphatic rings. The van der Waals surface area contributed by atoms with Gasteiger partial charge in [0.2, 0.25) is 5.91 Å². The number of ether oxygens (including phenoxy) is 1. The van der Waals surface area contributed by atoms with E-state index in [1.165, 1.54) is 11.9 Å². The first-order chi connectivity index (χ1) is 8.95. The van der Waals surface area contributed by atoms with Crippen LogP contribution in [0.4, 0.5) is 4.79 Å². The maximum atomic E-state index is 11.8. The van der Waals surface area contributed by atoms with E-state index >= 15 is 0 Å². The highest BCUT2D eigenvalue weighted by molar-refractivity contribution is 6.04. The van der Waals surface area contributed by atoms with Crippen LogP contribution in [0.3, 0.4) is 0 Å². The minimum Gasteiger partial charge on any atom is -0.466 e. The molecule has 0 atom stereocenters. The number of hydrogen-bond donors (Lipinski definition) is 1. The van der Waals surface area contributed by atoms with Crippen LogP contribution < -0.4 is 5.32 Å². The highest BCUT2D eigenvalue weighted by atomic mass is 16.5. The summed E-state index contributed by atoms with van der Waals surface area (Å²) >= 11 is 0. The van der Waals surface area contributed by atoms with Gasteiger partial charge in [0.1, 0.15) is 6.54 Å². The Kier molecular flexibility index (Phi) is 5.28. The summed E-state index contributed by atoms with van der Waals surface area (Å²) in [5.74, 6) is -1.23. The molecule has 1 fully saturated rings. The number of urea groups is 1. The van der Waals surface area contributed by atoms with Gasteiger partial charge < -0.3 is 15.0 Å². The van der Waals surface area contributed by atoms with Crippen LogP contribution >= 0.6 is 0 Å². The summed E-state index contributed by atoms with van der Waals surface area (Å²) in [7, 11) is 1.50. The first-order valence-electron chi connectivity index (χ1n) is 5.93. The smallest absolute Gasteiger partial charge is 0.325 e. The summed E-state index contributed by atoms with van der Waals surface area (Å²) in [6.45, 7) is 1.77. The van der Waals surface area contributed by atoms with Gasteiger partial charge in [0.05, 0.1) is 19.6 Å². The van der Waals surface area contributed by atoms with Crippen molar-refractivity contribution in [2.75, 3.05) is 33.3 Å². The van der Waals surface area contributed by atoms with Crippen LogP contribution in [-0.4, -0.2) is 66.9 Å². The van der Waals surface area contributed by atoms with Crippen molar-refractivity contribution in [1.29, 1.82) is 0 Å². The summed E-state index contributed by atoms with van der Waals surface area (Å²) in [6, 6.07) is -0.572. The van der Waals surface area contributed by atoms with E-state index in [0.717, 1.165) is 4.90 Å². The van der Waals surface area contributed by atoms with E-state index in [2.05, 4.69) is 5.32 Å². The molecule has 0 saturated carbocycles. The number of carbonyl (C=O) groups excluding carboxylic acids is 4. The number of rotatable bonds is 6. The third-order valence-corrected chi connectivity index (χ3v) is 2.61. The molecule has 8 nitrogen and oxygen atoms in total. The Balaban J connectivity index is 2.38. The van der Waals surface area contributed by atoms with Crippen molar-refractivity contribution in [2.45, 2.75) is 13.3 Å². The fourth-order valence-electron chi connectivity index (χ4n) is 1.49. The second-order valence-corrected chi connectivity index (χ2v) is 4.01. The zero-order valence-electron chi connectivity index (χ0n) is 11.0. The molecule has 1 rings (SSSR count). The molecular weight excluding hydrogens is 254 g/mol. The lowest BCUT2D eigenvalue weighted by Gasteiger charge is -2.19. The van der Waals surface area contributed by atoms with Crippen LogP contribution in [0.1, 0.15) is 13.3 Å². The van der Waals surface area contributed by atoms with Gasteiger partial charge in [0.25, 0.3) is 5.91 Å². The lowest BCUT2D eigenvalue weighted by atomic mass is 10.3. The number of nitrogens with one attached hydrogen (secondary N) is 1. The summed E-state index contributed by atoms with van der Waals surface area (Å²) in [5, 5.41) is 2.32. The molecule has 0 aromatic rings. The van der Waals surface area contributed by atoms with E-state index in [9.17, 15) is 19.2 Å². The van der Waals surface area contributed by atoms with Crippen LogP contribution in [-0.2, 0) is 19.1 Å². The number of esters is 1. The van der Waals surface area contributed by atoms with Crippen LogP contribution in [0.15, 0.2) is 0 Å². The zero-order valence-corrected chi connectivity index (χ0v) is 11.0. The summed E-state index contributed by atoms with van der Waals surface area (Å²) in [6.07, 6.45) is 0.0796. The fraction of sp³-hybridized carbons (Fsp3) is 0.636. The molecule has 1 heterocycles. The van der Waals surface area contributed by atoms with Gasteiger partial charge in [-0.1, -0.05) is 0 Å². The van der Waals surface area contributed by atoms with E-state index in [0.29, 0.717) is 6.61 Å². The number of imide groups is 1. The van der Waals surface area contributed by atoms with Crippen molar-refractivity contribution in [3.05, 3.63) is 0 Å². The predicted octanol–water partition coefficient (Wildman–Crippen LogP) is -1.05. The monoisotopic (exact) mass is 271 g/mol. The first kappa shape index (κ1) is 14.9. The first-order valence-corrected chi connectivity index (χ1v) is 5.93. The molecule has 4 amide bonds. The minimum atomic E-state index is -0.572. The number of carbonyl (C=O) groups is 4. The zero-order chi connectivity index (χ0) is 14.4. The number of likely N-dealkylation sites (N-methyl/N-ethyl adjacent to an activating group) is 1. The molecule has 8 heteroatoms. The van der Waals surface area contributed by atoms with Crippen LogP contribution in [0.5, 0.6) is 0 Å². The fourth-order valence-corrected chi connectivity index (χ4v) is 1.49. The molecule has 19 heavy (non-hydrogen) atoms. The summed E-state index contributed by atoms with van der Waals surface area (Å²) < 4.78 is 4.73. The van der Waals surface area contributed by atoms with E-state index in [1.54, 1.807) is 6.92 Å². The summed E-state index contributed by atoms with van der Waals surface area (Å²) in [4.78, 5) is 47.6. The molecule has 0 bridgehead atoms. The van der Waals surface area contributed by atoms with Gasteiger partial charge in [-0.3, -0.25) is 19.3 Å². The number of amides is 4. The van der Waals surface area contributed by atoms with Crippen molar-refractivity contribution >= 4 is 23.8 Å². The standard InChI is InChI=1S/C11H17N3O5/c1-3-19-10(17)4-5-13(2)9(16)7-14-8(15)6-12-11(14)18/h3-7H2,1-2H3,(H,12,18). The Bertz CT molecular complexity index is 380. The van der Waals surface area contributed by atoms with E-state index in [4.69, 9.17) is 4.74 Å². The van der Waals surface area contributed by atoms with Gasteiger partial charge in [-0.25, -0.2) is 4.79 Å². The molecule has 0 aliphatic carbocycles. The second-order valence-electron chi connectivity index (χ2n) is 4.01. The third-order valence-electron chi connectivity index (χ3n) is 2.61. The number of nitrogens with zero attached hydrogens (tertiary/aromatic N) is 2. The van der Waals surface area contributed by atoms with Gasteiger partial charge in [0, 0.05) is 13.6 Å². The SMILES string of the molecule is CCOC(=O)CCN(C)C(=O)CN1C(=O)CNC1=O. The molecule has 1 aliphatic heterocycles. The summed E-state index contributed by atoms with van der Waals surface area (Å²) in [5.41, 5.74) is 0. The van der Waals surface area contributed by atoms with Gasteiger partial charge in [-0.05, 0) is 6.92 Å². The molecule has 106 valence electrons. The quantitative estimate of drug-likeness (QED) is 0.491. The van der Waals surface area contributed by atoms with E-state index < -0.39 is 23.8 Å². The number of hydrogen-bond acceptors (Lipinski definition) is 5. The molecule has 0 radical (unpaired) electrons. The molecule has 0 unspecified atom stereocenters. The lowest BCUT2D eigenvalue weighted by Crippen LogP contribution is -2.42. The van der Waals surface area contributed by atoms with Crippen molar-refractivity contribution in [3.63, 3.8) is 0 Å². The van der Waals surface area contributed by atoms with Gasteiger partial charge in [0.15, 0.2) is 0 Å². The maximum Gasteiger partial charge on any atom is 0.325 e. The molecule has 1 N–H and O–H groups in total. The van der Waals surface area contributed by atoms with Gasteiger partial charge in [-0.15, -0.1) is 0 Å². The molecule has 1 saturated heterocycles. The van der Waals surface area contributed by atoms with Gasteiger partial charge in [-0.2, -0.15) is 0 Å². The average molecular weight is 271 g/mol. The molecule has 0 spiro atoms. The topological polar surface area (TPSA) is 96.0 Å². The van der Waals surface area contributed by atoms with Crippen LogP contribution in [0.2, 0.25) is 0 Å². The second kappa shape index (κ2) is 6.72. The van der Waals surface area contributed by atoms with Crippen LogP contribution in [0, 0.1) is 0 Å². The van der Waals surface area contributed by atoms with Crippen molar-refractivity contribution in [3.8, 4) is 0 Å². The highest BCUT2D eigenvalue weighted by Crippen LogP contribution is 2.01. The predicted molar refractivity (Wildman–Crippen MR) is 64.0 cm³/mol. The Hall–Kier alpha value is -2.12. The largest absolute Gasteiger partial charge is 0.466 e. The molecule has 0 aromatic heterocycles. The normalized spacial score (nSPS) is 14.3.